The van der Waals surface area contributed by atoms with Crippen molar-refractivity contribution >= 4 is 32.9 Å². The van der Waals surface area contributed by atoms with E-state index in [4.69, 9.17) is 15.2 Å². The summed E-state index contributed by atoms with van der Waals surface area (Å²) in [6, 6.07) is 6.46. The molecule has 0 aliphatic heterocycles. The van der Waals surface area contributed by atoms with Gasteiger partial charge in [-0.25, -0.2) is 8.42 Å². The van der Waals surface area contributed by atoms with Gasteiger partial charge in [0.2, 0.25) is 10.0 Å². The van der Waals surface area contributed by atoms with Gasteiger partial charge in [-0.1, -0.05) is 12.2 Å². The van der Waals surface area contributed by atoms with Crippen LogP contribution in [0, 0.1) is 0 Å². The third-order valence-corrected chi connectivity index (χ3v) is 3.43. The van der Waals surface area contributed by atoms with E-state index in [1.807, 2.05) is 0 Å². The smallest absolute Gasteiger partial charge is 0.234 e. The molecule has 0 aromatic heterocycles. The second kappa shape index (κ2) is 7.27. The number of benzene rings is 1. The highest BCUT2D eigenvalue weighted by Crippen LogP contribution is 2.16. The summed E-state index contributed by atoms with van der Waals surface area (Å²) in [4.78, 5) is 0.254. The van der Waals surface area contributed by atoms with Gasteiger partial charge in [-0.2, -0.15) is 0 Å². The highest BCUT2D eigenvalue weighted by Gasteiger charge is 2.09. The highest BCUT2D eigenvalue weighted by atomic mass is 32.2. The Morgan fingerprint density at radius 3 is 2.53 bits per heavy atom. The molecule has 3 N–H and O–H groups in total. The van der Waals surface area contributed by atoms with Crippen LogP contribution in [0.4, 0.5) is 5.69 Å². The van der Waals surface area contributed by atoms with E-state index in [2.05, 4.69) is 16.9 Å². The van der Waals surface area contributed by atoms with Crippen LogP contribution in [0.25, 0.3) is 0 Å². The number of rotatable bonds is 8. The minimum atomic E-state index is -3.39. The molecule has 0 fully saturated rings. The second-order valence-electron chi connectivity index (χ2n) is 3.69. The summed E-state index contributed by atoms with van der Waals surface area (Å²) < 4.78 is 35.6. The van der Waals surface area contributed by atoms with Crippen LogP contribution in [0.15, 0.2) is 24.3 Å². The van der Waals surface area contributed by atoms with Gasteiger partial charge in [0.15, 0.2) is 0 Å². The zero-order chi connectivity index (χ0) is 14.3. The summed E-state index contributed by atoms with van der Waals surface area (Å²) in [5.41, 5.74) is 5.76. The Labute approximate surface area is 117 Å². The fourth-order valence-corrected chi connectivity index (χ4v) is 2.24. The summed E-state index contributed by atoms with van der Waals surface area (Å²) >= 11 is 4.68. The molecule has 1 aromatic rings. The lowest BCUT2D eigenvalue weighted by Crippen LogP contribution is -2.19. The number of nitrogens with one attached hydrogen (secondary N) is 1. The van der Waals surface area contributed by atoms with Gasteiger partial charge < -0.3 is 15.2 Å². The highest BCUT2D eigenvalue weighted by molar-refractivity contribution is 7.92. The predicted octanol–water partition coefficient (Wildman–Crippen LogP) is 0.740. The number of hydrogen-bond donors (Lipinski definition) is 2. The number of ether oxygens (including phenoxy) is 2. The van der Waals surface area contributed by atoms with Gasteiger partial charge in [0.05, 0.1) is 12.4 Å². The Morgan fingerprint density at radius 1 is 1.37 bits per heavy atom. The van der Waals surface area contributed by atoms with Gasteiger partial charge in [0, 0.05) is 12.8 Å². The Bertz CT molecular complexity index is 514. The van der Waals surface area contributed by atoms with Crippen LogP contribution in [0.3, 0.4) is 0 Å². The van der Waals surface area contributed by atoms with Crippen LogP contribution in [-0.2, 0) is 14.8 Å². The largest absolute Gasteiger partial charge is 0.487 e. The molecule has 0 atom stereocenters. The minimum absolute atomic E-state index is 0.0941. The molecule has 106 valence electrons. The quantitative estimate of drug-likeness (QED) is 0.688. The lowest BCUT2D eigenvalue weighted by Gasteiger charge is -2.09. The van der Waals surface area contributed by atoms with Crippen LogP contribution >= 0.6 is 12.2 Å². The molecule has 0 bridgehead atoms. The first-order chi connectivity index (χ1) is 8.93. The number of sulfonamides is 1. The maximum absolute atomic E-state index is 11.6. The summed E-state index contributed by atoms with van der Waals surface area (Å²) in [5, 5.41) is 0. The van der Waals surface area contributed by atoms with Crippen molar-refractivity contribution in [3.63, 3.8) is 0 Å². The molecule has 6 nitrogen and oxygen atoms in total. The van der Waals surface area contributed by atoms with E-state index in [0.717, 1.165) is 0 Å². The van der Waals surface area contributed by atoms with Gasteiger partial charge in [-0.3, -0.25) is 4.72 Å². The van der Waals surface area contributed by atoms with Gasteiger partial charge >= 0.3 is 0 Å². The topological polar surface area (TPSA) is 90.7 Å². The van der Waals surface area contributed by atoms with Crippen molar-refractivity contribution in [3.05, 3.63) is 24.3 Å². The number of nitrogens with two attached hydrogens (primary N) is 1. The number of thiocarbonyl (C=S) groups is 1. The third-order valence-electron chi connectivity index (χ3n) is 2.06. The van der Waals surface area contributed by atoms with Gasteiger partial charge in [0.1, 0.15) is 17.3 Å². The molecule has 0 amide bonds. The standard InChI is InChI=1S/C11H16N2O4S2/c1-16-6-7-19(14,15)13-9-2-4-10(5-3-9)17-8-11(12)18/h2-5,13H,6-8H2,1H3,(H2,12,18). The summed E-state index contributed by atoms with van der Waals surface area (Å²) in [6.07, 6.45) is 0. The second-order valence-corrected chi connectivity index (χ2v) is 6.06. The van der Waals surface area contributed by atoms with Crippen LogP contribution in [-0.4, -0.2) is 39.5 Å². The Kier molecular flexibility index (Phi) is 6.00. The lowest BCUT2D eigenvalue weighted by atomic mass is 10.3. The molecule has 0 aliphatic rings. The fraction of sp³-hybridized carbons (Fsp3) is 0.364. The van der Waals surface area contributed by atoms with Crippen LogP contribution in [0.5, 0.6) is 5.75 Å². The molecular formula is C11H16N2O4S2. The normalized spacial score (nSPS) is 11.0. The van der Waals surface area contributed by atoms with E-state index in [-0.39, 0.29) is 24.0 Å². The monoisotopic (exact) mass is 304 g/mol. The molecule has 0 saturated carbocycles. The molecule has 0 spiro atoms. The Morgan fingerprint density at radius 2 is 2.00 bits per heavy atom. The first-order valence-corrected chi connectivity index (χ1v) is 7.49. The molecule has 0 unspecified atom stereocenters. The van der Waals surface area contributed by atoms with Gasteiger partial charge in [0.25, 0.3) is 0 Å². The maximum atomic E-state index is 11.6. The van der Waals surface area contributed by atoms with E-state index in [1.165, 1.54) is 7.11 Å². The minimum Gasteiger partial charge on any atom is -0.487 e. The van der Waals surface area contributed by atoms with E-state index >= 15 is 0 Å². The first-order valence-electron chi connectivity index (χ1n) is 5.43. The summed E-state index contributed by atoms with van der Waals surface area (Å²) in [6.45, 7) is 0.290. The van der Waals surface area contributed by atoms with Gasteiger partial charge in [-0.05, 0) is 24.3 Å². The van der Waals surface area contributed by atoms with Crippen molar-refractivity contribution in [3.8, 4) is 5.75 Å². The molecule has 0 saturated heterocycles. The lowest BCUT2D eigenvalue weighted by molar-refractivity contribution is 0.217. The number of methoxy groups -OCH3 is 1. The maximum Gasteiger partial charge on any atom is 0.234 e. The van der Waals surface area contributed by atoms with Crippen molar-refractivity contribution in [1.29, 1.82) is 0 Å². The summed E-state index contributed by atoms with van der Waals surface area (Å²) in [7, 11) is -1.94. The number of hydrogen-bond acceptors (Lipinski definition) is 5. The van der Waals surface area contributed by atoms with E-state index in [0.29, 0.717) is 11.4 Å². The van der Waals surface area contributed by atoms with Crippen LogP contribution in [0.2, 0.25) is 0 Å². The zero-order valence-electron chi connectivity index (χ0n) is 10.5. The Hall–Kier alpha value is -1.38. The molecule has 8 heteroatoms. The van der Waals surface area contributed by atoms with E-state index in [9.17, 15) is 8.42 Å². The summed E-state index contributed by atoms with van der Waals surface area (Å²) in [5.74, 6) is 0.469. The Balaban J connectivity index is 2.59. The number of anilines is 1. The molecule has 0 aliphatic carbocycles. The average Bonchev–Trinajstić information content (AvgIpc) is 2.35. The van der Waals surface area contributed by atoms with Crippen molar-refractivity contribution < 1.29 is 17.9 Å². The first kappa shape index (κ1) is 15.7. The van der Waals surface area contributed by atoms with Crippen molar-refractivity contribution in [2.45, 2.75) is 0 Å². The van der Waals surface area contributed by atoms with Crippen molar-refractivity contribution in [2.24, 2.45) is 5.73 Å². The van der Waals surface area contributed by atoms with Gasteiger partial charge in [-0.15, -0.1) is 0 Å². The fourth-order valence-electron chi connectivity index (χ4n) is 1.20. The van der Waals surface area contributed by atoms with E-state index in [1.54, 1.807) is 24.3 Å². The van der Waals surface area contributed by atoms with Crippen LogP contribution in [0.1, 0.15) is 0 Å². The molecule has 1 rings (SSSR count). The predicted molar refractivity (Wildman–Crippen MR) is 78.0 cm³/mol. The third kappa shape index (κ3) is 6.37. The molecule has 1 aromatic carbocycles. The zero-order valence-corrected chi connectivity index (χ0v) is 12.1. The molecule has 19 heavy (non-hydrogen) atoms. The molecule has 0 heterocycles. The SMILES string of the molecule is COCCS(=O)(=O)Nc1ccc(OCC(N)=S)cc1. The van der Waals surface area contributed by atoms with Crippen molar-refractivity contribution in [1.82, 2.24) is 0 Å². The van der Waals surface area contributed by atoms with E-state index < -0.39 is 10.0 Å². The molecular weight excluding hydrogens is 288 g/mol. The molecule has 0 radical (unpaired) electrons. The average molecular weight is 304 g/mol. The van der Waals surface area contributed by atoms with Crippen molar-refractivity contribution in [2.75, 3.05) is 30.8 Å². The van der Waals surface area contributed by atoms with Crippen LogP contribution < -0.4 is 15.2 Å².